The van der Waals surface area contributed by atoms with Crippen molar-refractivity contribution in [3.8, 4) is 0 Å². The molecule has 23 heavy (non-hydrogen) atoms. The molecular formula is C17H22N2O4. The molecule has 1 aliphatic rings. The van der Waals surface area contributed by atoms with Crippen molar-refractivity contribution >= 4 is 23.5 Å². The molecule has 0 aromatic heterocycles. The molecule has 1 aliphatic heterocycles. The number of hydrogen-bond acceptors (Lipinski definition) is 4. The van der Waals surface area contributed by atoms with E-state index < -0.39 is 11.9 Å². The summed E-state index contributed by atoms with van der Waals surface area (Å²) in [6, 6.07) is 6.79. The standard InChI is InChI=1S/C17H22N2O4/c1-23-16(21)12-15(20)18-14-8-6-7-13(11-14)17(22)19-9-4-2-3-5-10-19/h6-8,11H,2-5,9-10,12H2,1H3,(H,18,20). The number of nitrogens with one attached hydrogen (secondary N) is 1. The molecule has 1 aromatic carbocycles. The number of rotatable bonds is 4. The van der Waals surface area contributed by atoms with Crippen LogP contribution in [0.15, 0.2) is 24.3 Å². The van der Waals surface area contributed by atoms with Crippen molar-refractivity contribution in [1.82, 2.24) is 4.90 Å². The van der Waals surface area contributed by atoms with E-state index in [-0.39, 0.29) is 12.3 Å². The average Bonchev–Trinajstić information content (AvgIpc) is 2.83. The van der Waals surface area contributed by atoms with Gasteiger partial charge >= 0.3 is 5.97 Å². The molecule has 1 heterocycles. The lowest BCUT2D eigenvalue weighted by Crippen LogP contribution is -2.31. The Labute approximate surface area is 135 Å². The Bertz CT molecular complexity index is 578. The number of likely N-dealkylation sites (tertiary alicyclic amines) is 1. The van der Waals surface area contributed by atoms with Crippen LogP contribution in [-0.2, 0) is 14.3 Å². The van der Waals surface area contributed by atoms with Gasteiger partial charge in [-0.2, -0.15) is 0 Å². The maximum atomic E-state index is 12.6. The van der Waals surface area contributed by atoms with E-state index in [2.05, 4.69) is 10.1 Å². The SMILES string of the molecule is COC(=O)CC(=O)Nc1cccc(C(=O)N2CCCCCC2)c1. The van der Waals surface area contributed by atoms with Gasteiger partial charge in [-0.25, -0.2) is 0 Å². The van der Waals surface area contributed by atoms with E-state index >= 15 is 0 Å². The van der Waals surface area contributed by atoms with Gasteiger partial charge in [0.05, 0.1) is 7.11 Å². The van der Waals surface area contributed by atoms with E-state index in [9.17, 15) is 14.4 Å². The van der Waals surface area contributed by atoms with Crippen molar-refractivity contribution in [2.24, 2.45) is 0 Å². The van der Waals surface area contributed by atoms with Crippen molar-refractivity contribution in [2.75, 3.05) is 25.5 Å². The van der Waals surface area contributed by atoms with Gasteiger partial charge in [-0.05, 0) is 31.0 Å². The Kier molecular flexibility index (Phi) is 6.14. The fourth-order valence-electron chi connectivity index (χ4n) is 2.59. The molecular weight excluding hydrogens is 296 g/mol. The highest BCUT2D eigenvalue weighted by Gasteiger charge is 2.18. The largest absolute Gasteiger partial charge is 0.469 e. The molecule has 1 aromatic rings. The van der Waals surface area contributed by atoms with Crippen molar-refractivity contribution in [3.63, 3.8) is 0 Å². The topological polar surface area (TPSA) is 75.7 Å². The second-order valence-electron chi connectivity index (χ2n) is 5.59. The predicted octanol–water partition coefficient (Wildman–Crippen LogP) is 2.20. The molecule has 1 N–H and O–H groups in total. The fourth-order valence-corrected chi connectivity index (χ4v) is 2.59. The average molecular weight is 318 g/mol. The number of amides is 2. The number of hydrogen-bond donors (Lipinski definition) is 1. The molecule has 1 fully saturated rings. The van der Waals surface area contributed by atoms with Gasteiger partial charge in [0, 0.05) is 24.3 Å². The van der Waals surface area contributed by atoms with Gasteiger partial charge in [0.2, 0.25) is 5.91 Å². The van der Waals surface area contributed by atoms with E-state index in [4.69, 9.17) is 0 Å². The molecule has 0 spiro atoms. The van der Waals surface area contributed by atoms with Crippen LogP contribution in [0.2, 0.25) is 0 Å². The molecule has 124 valence electrons. The highest BCUT2D eigenvalue weighted by Crippen LogP contribution is 2.16. The van der Waals surface area contributed by atoms with Gasteiger partial charge in [0.25, 0.3) is 5.91 Å². The number of methoxy groups -OCH3 is 1. The van der Waals surface area contributed by atoms with E-state index in [1.165, 1.54) is 7.11 Å². The Hall–Kier alpha value is -2.37. The third-order valence-corrected chi connectivity index (χ3v) is 3.82. The minimum atomic E-state index is -0.598. The molecule has 0 aliphatic carbocycles. The van der Waals surface area contributed by atoms with E-state index in [0.717, 1.165) is 38.8 Å². The van der Waals surface area contributed by atoms with Gasteiger partial charge in [0.1, 0.15) is 6.42 Å². The van der Waals surface area contributed by atoms with Gasteiger partial charge in [0.15, 0.2) is 0 Å². The molecule has 6 heteroatoms. The summed E-state index contributed by atoms with van der Waals surface area (Å²) in [4.78, 5) is 37.2. The second kappa shape index (κ2) is 8.31. The smallest absolute Gasteiger partial charge is 0.315 e. The molecule has 0 unspecified atom stereocenters. The molecule has 2 rings (SSSR count). The summed E-state index contributed by atoms with van der Waals surface area (Å²) in [6.45, 7) is 1.55. The fraction of sp³-hybridized carbons (Fsp3) is 0.471. The molecule has 0 bridgehead atoms. The van der Waals surface area contributed by atoms with Crippen LogP contribution in [0.25, 0.3) is 0 Å². The van der Waals surface area contributed by atoms with Crippen LogP contribution in [-0.4, -0.2) is 42.9 Å². The Balaban J connectivity index is 2.02. The zero-order valence-electron chi connectivity index (χ0n) is 13.3. The third kappa shape index (κ3) is 5.09. The lowest BCUT2D eigenvalue weighted by molar-refractivity contribution is -0.142. The van der Waals surface area contributed by atoms with Crippen molar-refractivity contribution < 1.29 is 19.1 Å². The molecule has 6 nitrogen and oxygen atoms in total. The first-order chi connectivity index (χ1) is 11.1. The summed E-state index contributed by atoms with van der Waals surface area (Å²) in [5, 5.41) is 2.61. The number of carbonyl (C=O) groups excluding carboxylic acids is 3. The number of esters is 1. The van der Waals surface area contributed by atoms with E-state index in [1.54, 1.807) is 24.3 Å². The van der Waals surface area contributed by atoms with Crippen molar-refractivity contribution in [1.29, 1.82) is 0 Å². The summed E-state index contributed by atoms with van der Waals surface area (Å²) in [6.07, 6.45) is 4.03. The first-order valence-corrected chi connectivity index (χ1v) is 7.86. The Morgan fingerprint density at radius 1 is 1.13 bits per heavy atom. The lowest BCUT2D eigenvalue weighted by Gasteiger charge is -2.20. The van der Waals surface area contributed by atoms with Gasteiger partial charge in [-0.3, -0.25) is 14.4 Å². The van der Waals surface area contributed by atoms with E-state index in [0.29, 0.717) is 11.3 Å². The normalized spacial score (nSPS) is 14.7. The van der Waals surface area contributed by atoms with Crippen molar-refractivity contribution in [2.45, 2.75) is 32.1 Å². The first kappa shape index (κ1) is 17.0. The highest BCUT2D eigenvalue weighted by molar-refractivity contribution is 6.02. The van der Waals surface area contributed by atoms with Crippen LogP contribution < -0.4 is 5.32 Å². The zero-order chi connectivity index (χ0) is 16.7. The van der Waals surface area contributed by atoms with Crippen LogP contribution in [0, 0.1) is 0 Å². The molecule has 2 amide bonds. The number of benzene rings is 1. The minimum Gasteiger partial charge on any atom is -0.469 e. The lowest BCUT2D eigenvalue weighted by atomic mass is 10.1. The van der Waals surface area contributed by atoms with Gasteiger partial charge in [-0.15, -0.1) is 0 Å². The number of carbonyl (C=O) groups is 3. The maximum absolute atomic E-state index is 12.6. The van der Waals surface area contributed by atoms with Crippen LogP contribution in [0.5, 0.6) is 0 Å². The third-order valence-electron chi connectivity index (χ3n) is 3.82. The highest BCUT2D eigenvalue weighted by atomic mass is 16.5. The maximum Gasteiger partial charge on any atom is 0.315 e. The zero-order valence-corrected chi connectivity index (χ0v) is 13.3. The molecule has 0 saturated carbocycles. The van der Waals surface area contributed by atoms with Crippen LogP contribution in [0.4, 0.5) is 5.69 Å². The summed E-state index contributed by atoms with van der Waals surface area (Å²) in [5.74, 6) is -1.08. The first-order valence-electron chi connectivity index (χ1n) is 7.86. The minimum absolute atomic E-state index is 0.0176. The number of nitrogens with zero attached hydrogens (tertiary/aromatic N) is 1. The van der Waals surface area contributed by atoms with Crippen molar-refractivity contribution in [3.05, 3.63) is 29.8 Å². The summed E-state index contributed by atoms with van der Waals surface area (Å²) in [5.41, 5.74) is 1.04. The van der Waals surface area contributed by atoms with Crippen LogP contribution in [0.1, 0.15) is 42.5 Å². The predicted molar refractivity (Wildman–Crippen MR) is 86.1 cm³/mol. The van der Waals surface area contributed by atoms with Gasteiger partial charge in [-0.1, -0.05) is 18.9 Å². The van der Waals surface area contributed by atoms with Crippen LogP contribution in [0.3, 0.4) is 0 Å². The number of anilines is 1. The second-order valence-corrected chi connectivity index (χ2v) is 5.59. The summed E-state index contributed by atoms with van der Waals surface area (Å²) < 4.78 is 4.45. The summed E-state index contributed by atoms with van der Waals surface area (Å²) in [7, 11) is 1.23. The monoisotopic (exact) mass is 318 g/mol. The molecule has 1 saturated heterocycles. The summed E-state index contributed by atoms with van der Waals surface area (Å²) >= 11 is 0. The quantitative estimate of drug-likeness (QED) is 0.682. The van der Waals surface area contributed by atoms with Crippen LogP contribution >= 0.6 is 0 Å². The Morgan fingerprint density at radius 3 is 2.48 bits per heavy atom. The Morgan fingerprint density at radius 2 is 1.83 bits per heavy atom. The number of ether oxygens (including phenoxy) is 1. The molecule has 0 atom stereocenters. The van der Waals surface area contributed by atoms with Gasteiger partial charge < -0.3 is 15.0 Å². The van der Waals surface area contributed by atoms with E-state index in [1.807, 2.05) is 4.90 Å². The molecule has 0 radical (unpaired) electrons.